The second kappa shape index (κ2) is 21.0. The van der Waals surface area contributed by atoms with E-state index in [1.165, 1.54) is 0 Å². The highest BCUT2D eigenvalue weighted by Crippen LogP contribution is 2.68. The molecule has 2 amide bonds. The Kier molecular flexibility index (Phi) is 12.9. The van der Waals surface area contributed by atoms with Gasteiger partial charge in [-0.25, -0.2) is 9.97 Å². The van der Waals surface area contributed by atoms with Crippen molar-refractivity contribution in [1.29, 1.82) is 0 Å². The summed E-state index contributed by atoms with van der Waals surface area (Å²) in [4.78, 5) is 42.6. The van der Waals surface area contributed by atoms with Crippen LogP contribution in [0.5, 0.6) is 0 Å². The van der Waals surface area contributed by atoms with Gasteiger partial charge in [0.25, 0.3) is 0 Å². The van der Waals surface area contributed by atoms with E-state index < -0.39 is 21.9 Å². The largest absolute Gasteiger partial charge is 0.317 e. The van der Waals surface area contributed by atoms with E-state index >= 15 is 0 Å². The topological polar surface area (TPSA) is 76.3 Å². The predicted octanol–water partition coefficient (Wildman–Crippen LogP) is 17.0. The van der Waals surface area contributed by atoms with Gasteiger partial charge in [0, 0.05) is 21.9 Å². The number of carbonyl (C=O) groups excluding carboxylic acids is 2. The Bertz CT molecular complexity index is 3970. The van der Waals surface area contributed by atoms with Crippen LogP contribution in [0.1, 0.15) is 80.3 Å². The van der Waals surface area contributed by atoms with Crippen LogP contribution < -0.4 is 9.80 Å². The van der Waals surface area contributed by atoms with Gasteiger partial charge in [-0.15, -0.1) is 0 Å². The van der Waals surface area contributed by atoms with E-state index in [0.29, 0.717) is 21.7 Å². The Hall–Kier alpha value is -9.86. The quantitative estimate of drug-likeness (QED) is 0.114. The lowest BCUT2D eigenvalue weighted by molar-refractivity contribution is -0.120. The van der Waals surface area contributed by atoms with Crippen LogP contribution in [0.4, 0.5) is 23.0 Å². The molecule has 0 saturated heterocycles. The minimum absolute atomic E-state index is 0.0728. The van der Waals surface area contributed by atoms with Crippen molar-refractivity contribution in [2.75, 3.05) is 9.80 Å². The number of anilines is 4. The molecule has 2 aliphatic carbocycles. The molecule has 416 valence electrons. The van der Waals surface area contributed by atoms with Gasteiger partial charge in [-0.2, -0.15) is 0 Å². The molecule has 12 aromatic rings. The van der Waals surface area contributed by atoms with Gasteiger partial charge in [0.15, 0.2) is 11.6 Å². The molecule has 2 saturated carbocycles. The third-order valence-electron chi connectivity index (χ3n) is 18.4. The maximum atomic E-state index is 14.5. The van der Waals surface area contributed by atoms with Crippen molar-refractivity contribution in [2.45, 2.75) is 46.6 Å². The van der Waals surface area contributed by atoms with Crippen molar-refractivity contribution in [3.63, 3.8) is 0 Å². The molecule has 4 aliphatic rings. The minimum atomic E-state index is -0.708. The zero-order valence-electron chi connectivity index (χ0n) is 46.7. The molecule has 8 nitrogen and oxygen atoms in total. The molecule has 86 heavy (non-hydrogen) atoms. The first-order valence-electron chi connectivity index (χ1n) is 29.1. The molecular weight excluding hydrogens is 1100 g/mol. The first-order valence-corrected chi connectivity index (χ1v) is 29.8. The molecule has 0 bridgehead atoms. The third-order valence-corrected chi connectivity index (χ3v) is 18.9. The van der Waals surface area contributed by atoms with Crippen LogP contribution in [-0.4, -0.2) is 30.9 Å². The van der Waals surface area contributed by atoms with E-state index in [9.17, 15) is 9.59 Å². The Morgan fingerprint density at radius 2 is 0.616 bits per heavy atom. The summed E-state index contributed by atoms with van der Waals surface area (Å²) in [7, 11) is 0. The number of hydrogen-bond donors (Lipinski definition) is 0. The lowest BCUT2D eigenvalue weighted by Gasteiger charge is -2.37. The number of rotatable bonds is 12. The molecule has 16 rings (SSSR count). The van der Waals surface area contributed by atoms with Gasteiger partial charge >= 0.3 is 0 Å². The number of hydrogen-bond acceptors (Lipinski definition) is 4. The van der Waals surface area contributed by atoms with E-state index in [1.54, 1.807) is 0 Å². The fourth-order valence-corrected chi connectivity index (χ4v) is 14.6. The van der Waals surface area contributed by atoms with Gasteiger partial charge in [-0.05, 0) is 105 Å². The molecule has 0 unspecified atom stereocenters. The summed E-state index contributed by atoms with van der Waals surface area (Å²) in [5.41, 5.74) is 10.2. The van der Waals surface area contributed by atoms with Gasteiger partial charge in [0.2, 0.25) is 11.8 Å². The van der Waals surface area contributed by atoms with Crippen molar-refractivity contribution < 1.29 is 9.59 Å². The van der Waals surface area contributed by atoms with E-state index in [4.69, 9.17) is 33.2 Å². The number of fused-ring (bicyclic) bond motifs is 4. The monoisotopic (exact) mass is 1150 g/mol. The second-order valence-corrected chi connectivity index (χ2v) is 23.6. The van der Waals surface area contributed by atoms with Crippen molar-refractivity contribution in [3.8, 4) is 0 Å². The van der Waals surface area contributed by atoms with Crippen LogP contribution in [0.3, 0.4) is 0 Å². The van der Waals surface area contributed by atoms with Gasteiger partial charge in [0.05, 0.1) is 47.3 Å². The van der Waals surface area contributed by atoms with E-state index in [1.807, 2.05) is 156 Å². The van der Waals surface area contributed by atoms with E-state index in [0.717, 1.165) is 79.9 Å². The standard InChI is InChI=1S/2C38H28ClN3O/c2*39-31-22-20-27(21-23-31)33-24-37(33)32-18-10-11-19-34(32)42(36(37)43)35-25-41(26-40-35)38(28-12-4-1-5-13-28,29-14-6-2-7-15-29)30-16-8-3-9-17-30/h2*1-23,25-26,33H,24H2/t2*33-,37-/m10/s1. The number of nitrogens with zero attached hydrogens (tertiary/aromatic N) is 6. The van der Waals surface area contributed by atoms with Crippen LogP contribution >= 0.6 is 23.2 Å². The van der Waals surface area contributed by atoms with E-state index in [2.05, 4.69) is 167 Å². The van der Waals surface area contributed by atoms with Crippen molar-refractivity contribution in [1.82, 2.24) is 19.1 Å². The van der Waals surface area contributed by atoms with Crippen LogP contribution in [0.15, 0.2) is 304 Å². The highest BCUT2D eigenvalue weighted by molar-refractivity contribution is 6.31. The SMILES string of the molecule is O=C1N(c2cn(C(c3ccccc3)(c3ccccc3)c3ccccc3)cn2)c2ccccc2[C@@]12C[C@@H]2c1ccc(Cl)cc1.O=C1N(c2cn(C(c3ccccc3)(c3ccccc3)c3ccccc3)cn2)c2ccccc2[C@]12C[C@H]2c1ccc(Cl)cc1. The molecule has 2 aromatic heterocycles. The lowest BCUT2D eigenvalue weighted by Crippen LogP contribution is -2.37. The zero-order chi connectivity index (χ0) is 58.0. The van der Waals surface area contributed by atoms with E-state index in [-0.39, 0.29) is 23.7 Å². The molecule has 0 N–H and O–H groups in total. The molecule has 2 aliphatic heterocycles. The normalized spacial score (nSPS) is 19.0. The average molecular weight is 1160 g/mol. The molecule has 2 spiro atoms. The van der Waals surface area contributed by atoms with Crippen molar-refractivity contribution in [2.24, 2.45) is 0 Å². The smallest absolute Gasteiger partial charge is 0.244 e. The maximum absolute atomic E-state index is 14.5. The highest BCUT2D eigenvalue weighted by atomic mass is 35.5. The Balaban J connectivity index is 0.000000145. The van der Waals surface area contributed by atoms with Crippen molar-refractivity contribution >= 4 is 58.0 Å². The van der Waals surface area contributed by atoms with Gasteiger partial charge in [-0.3, -0.25) is 19.4 Å². The fraction of sp³-hybridized carbons (Fsp3) is 0.105. The number of benzene rings is 10. The Morgan fingerprint density at radius 3 is 0.907 bits per heavy atom. The number of carbonyl (C=O) groups is 2. The summed E-state index contributed by atoms with van der Waals surface area (Å²) in [6.45, 7) is 0. The Labute approximate surface area is 509 Å². The van der Waals surface area contributed by atoms with Crippen LogP contribution in [0, 0.1) is 0 Å². The second-order valence-electron chi connectivity index (χ2n) is 22.8. The van der Waals surface area contributed by atoms with Gasteiger partial charge in [-0.1, -0.05) is 266 Å². The fourth-order valence-electron chi connectivity index (χ4n) is 14.4. The number of para-hydroxylation sites is 2. The third kappa shape index (κ3) is 8.18. The first-order chi connectivity index (χ1) is 42.3. The lowest BCUT2D eigenvalue weighted by atomic mass is 9.77. The summed E-state index contributed by atoms with van der Waals surface area (Å²) in [5, 5.41) is 1.39. The molecule has 2 fully saturated rings. The summed E-state index contributed by atoms with van der Waals surface area (Å²) >= 11 is 12.4. The molecular formula is C76H56Cl2N6O2. The first kappa shape index (κ1) is 52.9. The Morgan fingerprint density at radius 1 is 0.349 bits per heavy atom. The number of aromatic nitrogens is 4. The van der Waals surface area contributed by atoms with Crippen LogP contribution in [0.2, 0.25) is 10.0 Å². The summed E-state index contributed by atoms with van der Waals surface area (Å²) in [5.74, 6) is 1.57. The predicted molar refractivity (Wildman–Crippen MR) is 342 cm³/mol. The highest BCUT2D eigenvalue weighted by Gasteiger charge is 2.69. The minimum Gasteiger partial charge on any atom is -0.317 e. The average Bonchev–Trinajstić information content (AvgIpc) is 1.59. The van der Waals surface area contributed by atoms with Crippen LogP contribution in [0.25, 0.3) is 0 Å². The maximum Gasteiger partial charge on any atom is 0.244 e. The summed E-state index contributed by atoms with van der Waals surface area (Å²) < 4.78 is 4.32. The van der Waals surface area contributed by atoms with Crippen LogP contribution in [-0.2, 0) is 31.5 Å². The number of halogens is 2. The van der Waals surface area contributed by atoms with Gasteiger partial charge in [0.1, 0.15) is 11.1 Å². The molecule has 0 radical (unpaired) electrons. The molecule has 4 heterocycles. The molecule has 10 heteroatoms. The number of amides is 2. The summed E-state index contributed by atoms with van der Waals surface area (Å²) in [6.07, 6.45) is 9.33. The number of imidazole rings is 2. The van der Waals surface area contributed by atoms with Crippen molar-refractivity contribution in [3.05, 3.63) is 370 Å². The summed E-state index contributed by atoms with van der Waals surface area (Å²) in [6, 6.07) is 95.1. The van der Waals surface area contributed by atoms with Gasteiger partial charge < -0.3 is 9.13 Å². The molecule has 10 aromatic carbocycles. The molecule has 4 atom stereocenters. The zero-order valence-corrected chi connectivity index (χ0v) is 48.2.